The minimum Gasteiger partial charge on any atom is -0.383 e. The van der Waals surface area contributed by atoms with Crippen molar-refractivity contribution in [3.8, 4) is 0 Å². The Morgan fingerprint density at radius 1 is 0.897 bits per heavy atom. The van der Waals surface area contributed by atoms with Crippen molar-refractivity contribution in [1.82, 2.24) is 9.55 Å². The SMILES string of the molecule is Cc1ccc(Cn2c(C)c(C)c3c(NCCc4ccc(F)cc4)cncc32)cc1. The molecule has 4 rings (SSSR count). The molecule has 1 N–H and O–H groups in total. The highest BCUT2D eigenvalue weighted by atomic mass is 19.1. The van der Waals surface area contributed by atoms with Gasteiger partial charge in [0.15, 0.2) is 0 Å². The minimum absolute atomic E-state index is 0.198. The first-order chi connectivity index (χ1) is 14.0. The average molecular weight is 388 g/mol. The van der Waals surface area contributed by atoms with Crippen molar-refractivity contribution in [3.05, 3.63) is 94.7 Å². The first-order valence-corrected chi connectivity index (χ1v) is 10.00. The summed E-state index contributed by atoms with van der Waals surface area (Å²) in [6.45, 7) is 8.06. The van der Waals surface area contributed by atoms with Gasteiger partial charge in [0.25, 0.3) is 0 Å². The molecule has 0 radical (unpaired) electrons. The Hall–Kier alpha value is -3.14. The van der Waals surface area contributed by atoms with Gasteiger partial charge in [-0.15, -0.1) is 0 Å². The van der Waals surface area contributed by atoms with E-state index in [4.69, 9.17) is 0 Å². The predicted octanol–water partition coefficient (Wildman–Crippen LogP) is 5.80. The number of aromatic nitrogens is 2. The topological polar surface area (TPSA) is 29.9 Å². The van der Waals surface area contributed by atoms with Crippen LogP contribution in [0.25, 0.3) is 10.9 Å². The molecule has 4 aromatic rings. The van der Waals surface area contributed by atoms with Crippen LogP contribution in [0.3, 0.4) is 0 Å². The van der Waals surface area contributed by atoms with E-state index in [-0.39, 0.29) is 5.82 Å². The van der Waals surface area contributed by atoms with E-state index in [2.05, 4.69) is 59.9 Å². The molecule has 148 valence electrons. The highest BCUT2D eigenvalue weighted by Gasteiger charge is 2.15. The number of nitrogens with zero attached hydrogens (tertiary/aromatic N) is 2. The molecule has 2 aromatic carbocycles. The van der Waals surface area contributed by atoms with Gasteiger partial charge in [-0.25, -0.2) is 4.39 Å². The molecule has 0 saturated heterocycles. The van der Waals surface area contributed by atoms with Gasteiger partial charge in [0.05, 0.1) is 23.6 Å². The van der Waals surface area contributed by atoms with Gasteiger partial charge in [-0.05, 0) is 56.0 Å². The van der Waals surface area contributed by atoms with Gasteiger partial charge in [0.2, 0.25) is 0 Å². The first-order valence-electron chi connectivity index (χ1n) is 10.00. The summed E-state index contributed by atoms with van der Waals surface area (Å²) >= 11 is 0. The van der Waals surface area contributed by atoms with Crippen molar-refractivity contribution >= 4 is 16.6 Å². The molecule has 0 saturated carbocycles. The zero-order valence-electron chi connectivity index (χ0n) is 17.2. The lowest BCUT2D eigenvalue weighted by Gasteiger charge is -2.10. The Morgan fingerprint density at radius 2 is 1.59 bits per heavy atom. The van der Waals surface area contributed by atoms with Gasteiger partial charge < -0.3 is 9.88 Å². The third kappa shape index (κ3) is 4.02. The Morgan fingerprint density at radius 3 is 2.31 bits per heavy atom. The van der Waals surface area contributed by atoms with Crippen molar-refractivity contribution in [2.75, 3.05) is 11.9 Å². The molecule has 0 fully saturated rings. The summed E-state index contributed by atoms with van der Waals surface area (Å²) in [5, 5.41) is 4.76. The summed E-state index contributed by atoms with van der Waals surface area (Å²) < 4.78 is 15.4. The first kappa shape index (κ1) is 19.2. The maximum atomic E-state index is 13.1. The number of aryl methyl sites for hydroxylation is 2. The van der Waals surface area contributed by atoms with Crippen LogP contribution in [0.15, 0.2) is 60.9 Å². The van der Waals surface area contributed by atoms with Gasteiger partial charge in [-0.1, -0.05) is 42.0 Å². The molecular weight excluding hydrogens is 361 g/mol. The Bertz CT molecular complexity index is 1130. The van der Waals surface area contributed by atoms with E-state index in [1.165, 1.54) is 39.9 Å². The summed E-state index contributed by atoms with van der Waals surface area (Å²) in [7, 11) is 0. The highest BCUT2D eigenvalue weighted by molar-refractivity contribution is 5.95. The number of rotatable bonds is 6. The summed E-state index contributed by atoms with van der Waals surface area (Å²) in [5.41, 5.74) is 8.40. The van der Waals surface area contributed by atoms with Gasteiger partial charge in [-0.2, -0.15) is 0 Å². The van der Waals surface area contributed by atoms with Gasteiger partial charge in [0, 0.05) is 24.2 Å². The Labute approximate surface area is 171 Å². The third-order valence-electron chi connectivity index (χ3n) is 5.64. The Kier molecular flexibility index (Phi) is 5.34. The molecule has 4 heteroatoms. The van der Waals surface area contributed by atoms with Crippen LogP contribution >= 0.6 is 0 Å². The molecule has 2 aromatic heterocycles. The number of hydrogen-bond donors (Lipinski definition) is 1. The van der Waals surface area contributed by atoms with Crippen molar-refractivity contribution in [2.24, 2.45) is 0 Å². The summed E-state index contributed by atoms with van der Waals surface area (Å²) in [6, 6.07) is 15.4. The number of nitrogens with one attached hydrogen (secondary N) is 1. The third-order valence-corrected chi connectivity index (χ3v) is 5.64. The number of pyridine rings is 1. The lowest BCUT2D eigenvalue weighted by molar-refractivity contribution is 0.627. The van der Waals surface area contributed by atoms with Crippen LogP contribution in [0.2, 0.25) is 0 Å². The summed E-state index contributed by atoms with van der Waals surface area (Å²) in [4.78, 5) is 4.49. The quantitative estimate of drug-likeness (QED) is 0.453. The molecule has 2 heterocycles. The molecule has 3 nitrogen and oxygen atoms in total. The smallest absolute Gasteiger partial charge is 0.123 e. The standard InChI is InChI=1S/C25H26FN3/c1-17-4-6-21(7-5-17)16-29-19(3)18(2)25-23(14-27-15-24(25)29)28-13-12-20-8-10-22(26)11-9-20/h4-11,14-15,28H,12-13,16H2,1-3H3. The van der Waals surface area contributed by atoms with Crippen molar-refractivity contribution < 1.29 is 4.39 Å². The largest absolute Gasteiger partial charge is 0.383 e. The van der Waals surface area contributed by atoms with Crippen LogP contribution in [0.1, 0.15) is 27.9 Å². The van der Waals surface area contributed by atoms with Crippen LogP contribution in [-0.4, -0.2) is 16.1 Å². The summed E-state index contributed by atoms with van der Waals surface area (Å²) in [6.07, 6.45) is 4.68. The Balaban J connectivity index is 1.59. The maximum absolute atomic E-state index is 13.1. The van der Waals surface area contributed by atoms with Gasteiger partial charge in [0.1, 0.15) is 5.82 Å². The normalized spacial score (nSPS) is 11.2. The molecule has 0 amide bonds. The van der Waals surface area contributed by atoms with Crippen LogP contribution < -0.4 is 5.32 Å². The zero-order valence-corrected chi connectivity index (χ0v) is 17.2. The second-order valence-electron chi connectivity index (χ2n) is 7.67. The lowest BCUT2D eigenvalue weighted by atomic mass is 10.1. The van der Waals surface area contributed by atoms with Crippen LogP contribution in [0.5, 0.6) is 0 Å². The van der Waals surface area contributed by atoms with E-state index in [9.17, 15) is 4.39 Å². The van der Waals surface area contributed by atoms with E-state index < -0.39 is 0 Å². The molecule has 29 heavy (non-hydrogen) atoms. The number of fused-ring (bicyclic) bond motifs is 1. The lowest BCUT2D eigenvalue weighted by Crippen LogP contribution is -2.06. The van der Waals surface area contributed by atoms with Crippen LogP contribution in [-0.2, 0) is 13.0 Å². The van der Waals surface area contributed by atoms with E-state index >= 15 is 0 Å². The maximum Gasteiger partial charge on any atom is 0.123 e. The molecule has 0 spiro atoms. The average Bonchev–Trinajstić information content (AvgIpc) is 2.97. The van der Waals surface area contributed by atoms with Crippen molar-refractivity contribution in [2.45, 2.75) is 33.7 Å². The van der Waals surface area contributed by atoms with E-state index in [1.54, 1.807) is 0 Å². The van der Waals surface area contributed by atoms with E-state index in [1.807, 2.05) is 24.5 Å². The molecule has 0 aliphatic heterocycles. The number of halogens is 1. The molecule has 0 bridgehead atoms. The van der Waals surface area contributed by atoms with E-state index in [0.29, 0.717) is 0 Å². The van der Waals surface area contributed by atoms with E-state index in [0.717, 1.165) is 36.3 Å². The van der Waals surface area contributed by atoms with Crippen LogP contribution in [0, 0.1) is 26.6 Å². The monoisotopic (exact) mass is 387 g/mol. The fourth-order valence-corrected chi connectivity index (χ4v) is 3.82. The highest BCUT2D eigenvalue weighted by Crippen LogP contribution is 2.31. The molecular formula is C25H26FN3. The van der Waals surface area contributed by atoms with Crippen molar-refractivity contribution in [3.63, 3.8) is 0 Å². The second kappa shape index (κ2) is 8.08. The summed E-state index contributed by atoms with van der Waals surface area (Å²) in [5.74, 6) is -0.198. The fraction of sp³-hybridized carbons (Fsp3) is 0.240. The van der Waals surface area contributed by atoms with Gasteiger partial charge in [-0.3, -0.25) is 4.98 Å². The number of benzene rings is 2. The number of hydrogen-bond acceptors (Lipinski definition) is 2. The molecule has 0 atom stereocenters. The minimum atomic E-state index is -0.198. The van der Waals surface area contributed by atoms with Crippen LogP contribution in [0.4, 0.5) is 10.1 Å². The zero-order chi connectivity index (χ0) is 20.4. The molecule has 0 aliphatic rings. The van der Waals surface area contributed by atoms with Gasteiger partial charge >= 0.3 is 0 Å². The molecule has 0 aliphatic carbocycles. The molecule has 0 unspecified atom stereocenters. The second-order valence-corrected chi connectivity index (χ2v) is 7.67. The fourth-order valence-electron chi connectivity index (χ4n) is 3.82. The van der Waals surface area contributed by atoms with Crippen molar-refractivity contribution in [1.29, 1.82) is 0 Å². The predicted molar refractivity (Wildman–Crippen MR) is 118 cm³/mol. The number of anilines is 1.